The largest absolute Gasteiger partial charge is 0.462 e. The molecular weight excluding hydrogens is 557 g/mol. The summed E-state index contributed by atoms with van der Waals surface area (Å²) in [6, 6.07) is 5.44. The van der Waals surface area contributed by atoms with Gasteiger partial charge in [-0.15, -0.1) is 0 Å². The molecule has 4 aromatic rings. The van der Waals surface area contributed by atoms with E-state index in [2.05, 4.69) is 45.4 Å². The van der Waals surface area contributed by atoms with Crippen molar-refractivity contribution in [1.29, 1.82) is 0 Å². The zero-order valence-electron chi connectivity index (χ0n) is 24.7. The number of hydrogen-bond donors (Lipinski definition) is 1. The Kier molecular flexibility index (Phi) is 8.65. The molecule has 0 radical (unpaired) electrons. The number of carbonyl (C=O) groups is 1. The van der Waals surface area contributed by atoms with Crippen molar-refractivity contribution in [3.63, 3.8) is 0 Å². The number of aryl methyl sites for hydroxylation is 1. The molecule has 1 N–H and O–H groups in total. The van der Waals surface area contributed by atoms with Crippen LogP contribution in [-0.2, 0) is 4.79 Å². The predicted molar refractivity (Wildman–Crippen MR) is 166 cm³/mol. The second-order valence-corrected chi connectivity index (χ2v) is 11.2. The van der Waals surface area contributed by atoms with Crippen molar-refractivity contribution in [3.8, 4) is 17.1 Å². The van der Waals surface area contributed by atoms with Crippen molar-refractivity contribution >= 4 is 45.1 Å². The average Bonchev–Trinajstić information content (AvgIpc) is 3.45. The van der Waals surface area contributed by atoms with Crippen LogP contribution in [-0.4, -0.2) is 87.3 Å². The van der Waals surface area contributed by atoms with E-state index in [0.29, 0.717) is 48.5 Å². The van der Waals surface area contributed by atoms with Gasteiger partial charge in [0.25, 0.3) is 0 Å². The van der Waals surface area contributed by atoms with E-state index in [4.69, 9.17) is 21.3 Å². The highest BCUT2D eigenvalue weighted by molar-refractivity contribution is 6.35. The first kappa shape index (κ1) is 29.7. The summed E-state index contributed by atoms with van der Waals surface area (Å²) in [4.78, 5) is 27.9. The Labute approximate surface area is 250 Å². The average molecular weight is 594 g/mol. The lowest BCUT2D eigenvalue weighted by Gasteiger charge is -2.45. The third kappa shape index (κ3) is 5.41. The fraction of sp³-hybridized carbons (Fsp3) is 0.419. The highest BCUT2D eigenvalue weighted by Crippen LogP contribution is 2.42. The fourth-order valence-corrected chi connectivity index (χ4v) is 6.23. The van der Waals surface area contributed by atoms with Crippen molar-refractivity contribution in [2.45, 2.75) is 46.7 Å². The molecule has 0 bridgehead atoms. The first-order valence-electron chi connectivity index (χ1n) is 14.4. The Hall–Kier alpha value is -3.76. The van der Waals surface area contributed by atoms with Crippen LogP contribution in [0.3, 0.4) is 0 Å². The molecule has 0 unspecified atom stereocenters. The third-order valence-electron chi connectivity index (χ3n) is 8.10. The van der Waals surface area contributed by atoms with Gasteiger partial charge in [-0.25, -0.2) is 4.39 Å². The van der Waals surface area contributed by atoms with Gasteiger partial charge in [0.15, 0.2) is 5.82 Å². The van der Waals surface area contributed by atoms with Crippen molar-refractivity contribution in [2.75, 3.05) is 44.2 Å². The summed E-state index contributed by atoms with van der Waals surface area (Å²) < 4.78 is 22.8. The second-order valence-electron chi connectivity index (χ2n) is 10.8. The summed E-state index contributed by atoms with van der Waals surface area (Å²) in [5, 5.41) is 8.73. The smallest absolute Gasteiger partial charge is 0.319 e. The number of aromatic amines is 1. The zero-order chi connectivity index (χ0) is 30.1. The van der Waals surface area contributed by atoms with Gasteiger partial charge in [-0.05, 0) is 51.6 Å². The van der Waals surface area contributed by atoms with Crippen molar-refractivity contribution in [1.82, 2.24) is 30.0 Å². The van der Waals surface area contributed by atoms with Crippen LogP contribution in [0.4, 0.5) is 10.2 Å². The van der Waals surface area contributed by atoms with Crippen LogP contribution in [0.25, 0.3) is 32.9 Å². The number of H-pyrrole nitrogens is 1. The third-order valence-corrected chi connectivity index (χ3v) is 8.40. The molecule has 0 spiro atoms. The maximum absolute atomic E-state index is 16.8. The molecule has 1 saturated heterocycles. The van der Waals surface area contributed by atoms with Crippen molar-refractivity contribution in [3.05, 3.63) is 53.5 Å². The standard InChI is InChI=1S/C31H37ClFN7O2/c1-7-24(41)39-16-19(5)40(20(6)17-39)30-22-14-23(32)26(25-18(4)10-11-21-15-34-37-28(21)25)27(33)29(22)35-31(36-30)42-13-12-38(8-2)9-3/h7,10-11,14-15,19-20H,1,8-9,12-13,16-17H2,2-6H3,(H,34,37)/t19-,20+. The molecule has 2 aromatic carbocycles. The van der Waals surface area contributed by atoms with E-state index in [0.717, 1.165) is 24.0 Å². The van der Waals surface area contributed by atoms with E-state index in [-0.39, 0.29) is 40.1 Å². The van der Waals surface area contributed by atoms with Gasteiger partial charge in [0.05, 0.1) is 16.7 Å². The van der Waals surface area contributed by atoms with Gasteiger partial charge >= 0.3 is 6.01 Å². The molecule has 1 fully saturated rings. The maximum Gasteiger partial charge on any atom is 0.319 e. The van der Waals surface area contributed by atoms with Crippen LogP contribution in [0, 0.1) is 12.7 Å². The number of nitrogens with zero attached hydrogens (tertiary/aromatic N) is 6. The van der Waals surface area contributed by atoms with E-state index in [9.17, 15) is 4.79 Å². The molecule has 2 atom stereocenters. The van der Waals surface area contributed by atoms with Crippen LogP contribution in [0.5, 0.6) is 6.01 Å². The molecule has 1 aliphatic heterocycles. The molecule has 2 aromatic heterocycles. The quantitative estimate of drug-likeness (QED) is 0.252. The summed E-state index contributed by atoms with van der Waals surface area (Å²) in [6.45, 7) is 17.5. The van der Waals surface area contributed by atoms with Gasteiger partial charge in [-0.2, -0.15) is 15.1 Å². The number of likely N-dealkylation sites (N-methyl/N-ethyl adjacent to an activating group) is 1. The minimum Gasteiger partial charge on any atom is -0.462 e. The van der Waals surface area contributed by atoms with Crippen LogP contribution in [0.1, 0.15) is 33.3 Å². The van der Waals surface area contributed by atoms with Crippen LogP contribution in [0.15, 0.2) is 37.1 Å². The number of benzene rings is 2. The number of nitrogens with one attached hydrogen (secondary N) is 1. The number of halogens is 2. The Bertz CT molecular complexity index is 1630. The number of aromatic nitrogens is 4. The highest BCUT2D eigenvalue weighted by atomic mass is 35.5. The molecule has 5 rings (SSSR count). The van der Waals surface area contributed by atoms with E-state index in [1.54, 1.807) is 17.2 Å². The summed E-state index contributed by atoms with van der Waals surface area (Å²) in [6.07, 6.45) is 3.03. The minimum absolute atomic E-state index is 0.0947. The number of anilines is 1. The number of piperazine rings is 1. The van der Waals surface area contributed by atoms with Crippen LogP contribution in [0.2, 0.25) is 5.02 Å². The lowest BCUT2D eigenvalue weighted by Crippen LogP contribution is -2.58. The topological polar surface area (TPSA) is 90.5 Å². The number of carbonyl (C=O) groups excluding carboxylic acids is 1. The van der Waals surface area contributed by atoms with Gasteiger partial charge in [-0.3, -0.25) is 9.89 Å². The Balaban J connectivity index is 1.67. The Morgan fingerprint density at radius 1 is 1.21 bits per heavy atom. The normalized spacial score (nSPS) is 17.4. The van der Waals surface area contributed by atoms with Crippen molar-refractivity contribution in [2.24, 2.45) is 0 Å². The summed E-state index contributed by atoms with van der Waals surface area (Å²) >= 11 is 6.89. The monoisotopic (exact) mass is 593 g/mol. The highest BCUT2D eigenvalue weighted by Gasteiger charge is 2.34. The van der Waals surface area contributed by atoms with Gasteiger partial charge in [0.1, 0.15) is 17.9 Å². The number of rotatable bonds is 9. The molecule has 0 saturated carbocycles. The summed E-state index contributed by atoms with van der Waals surface area (Å²) in [5.74, 6) is -0.156. The van der Waals surface area contributed by atoms with Crippen LogP contribution >= 0.6 is 11.6 Å². The molecular formula is C31H37ClFN7O2. The van der Waals surface area contributed by atoms with Gasteiger partial charge < -0.3 is 19.4 Å². The van der Waals surface area contributed by atoms with Gasteiger partial charge in [-0.1, -0.05) is 44.2 Å². The summed E-state index contributed by atoms with van der Waals surface area (Å²) in [5.41, 5.74) is 2.55. The molecule has 3 heterocycles. The number of ether oxygens (including phenoxy) is 1. The molecule has 9 nitrogen and oxygen atoms in total. The summed E-state index contributed by atoms with van der Waals surface area (Å²) in [7, 11) is 0. The number of amides is 1. The molecule has 0 aliphatic carbocycles. The lowest BCUT2D eigenvalue weighted by molar-refractivity contribution is -0.127. The van der Waals surface area contributed by atoms with E-state index < -0.39 is 5.82 Å². The fourth-order valence-electron chi connectivity index (χ4n) is 5.95. The second kappa shape index (κ2) is 12.2. The van der Waals surface area contributed by atoms with Crippen molar-refractivity contribution < 1.29 is 13.9 Å². The Morgan fingerprint density at radius 3 is 2.60 bits per heavy atom. The van der Waals surface area contributed by atoms with Crippen LogP contribution < -0.4 is 9.64 Å². The maximum atomic E-state index is 16.8. The molecule has 11 heteroatoms. The van der Waals surface area contributed by atoms with E-state index in [1.807, 2.05) is 32.9 Å². The minimum atomic E-state index is -0.555. The predicted octanol–water partition coefficient (Wildman–Crippen LogP) is 5.61. The lowest BCUT2D eigenvalue weighted by atomic mass is 9.96. The molecule has 1 amide bonds. The Morgan fingerprint density at radius 2 is 1.93 bits per heavy atom. The number of fused-ring (bicyclic) bond motifs is 2. The number of hydrogen-bond acceptors (Lipinski definition) is 7. The molecule has 222 valence electrons. The van der Waals surface area contributed by atoms with E-state index >= 15 is 4.39 Å². The van der Waals surface area contributed by atoms with E-state index in [1.165, 1.54) is 6.08 Å². The van der Waals surface area contributed by atoms with Gasteiger partial charge in [0, 0.05) is 53.6 Å². The molecule has 1 aliphatic rings. The SMILES string of the molecule is C=CC(=O)N1C[C@@H](C)N(c2nc(OCCN(CC)CC)nc3c(F)c(-c4c(C)ccc5cn[nH]c45)c(Cl)cc23)[C@@H](C)C1. The first-order chi connectivity index (χ1) is 20.2. The zero-order valence-corrected chi connectivity index (χ0v) is 25.5. The van der Waals surface area contributed by atoms with Gasteiger partial charge in [0.2, 0.25) is 5.91 Å². The molecule has 42 heavy (non-hydrogen) atoms. The first-order valence-corrected chi connectivity index (χ1v) is 14.7.